The zero-order chi connectivity index (χ0) is 15.3. The van der Waals surface area contributed by atoms with Crippen molar-refractivity contribution >= 4 is 6.09 Å². The van der Waals surface area contributed by atoms with Gasteiger partial charge in [-0.15, -0.1) is 0 Å². The fourth-order valence-electron chi connectivity index (χ4n) is 1.66. The molecule has 0 aromatic heterocycles. The van der Waals surface area contributed by atoms with Gasteiger partial charge in [0.05, 0.1) is 7.11 Å². The van der Waals surface area contributed by atoms with Crippen molar-refractivity contribution in [2.24, 2.45) is 0 Å². The summed E-state index contributed by atoms with van der Waals surface area (Å²) in [4.78, 5) is 13.5. The summed E-state index contributed by atoms with van der Waals surface area (Å²) in [7, 11) is 1.41. The van der Waals surface area contributed by atoms with E-state index in [0.29, 0.717) is 18.7 Å². The Balaban J connectivity index is 2.78. The van der Waals surface area contributed by atoms with Crippen LogP contribution in [0.15, 0.2) is 18.2 Å². The normalized spacial score (nSPS) is 11.1. The molecule has 1 amide bonds. The molecule has 0 unspecified atom stereocenters. The Morgan fingerprint density at radius 2 is 2.00 bits per heavy atom. The first-order valence-corrected chi connectivity index (χ1v) is 6.57. The van der Waals surface area contributed by atoms with Gasteiger partial charge in [-0.25, -0.2) is 9.18 Å². The molecule has 0 radical (unpaired) electrons. The lowest BCUT2D eigenvalue weighted by atomic mass is 10.2. The van der Waals surface area contributed by atoms with E-state index in [1.165, 1.54) is 18.1 Å². The van der Waals surface area contributed by atoms with Crippen LogP contribution in [0.25, 0.3) is 0 Å². The van der Waals surface area contributed by atoms with Crippen molar-refractivity contribution in [1.82, 2.24) is 4.90 Å². The van der Waals surface area contributed by atoms with Crippen LogP contribution >= 0.6 is 0 Å². The maximum absolute atomic E-state index is 13.6. The van der Waals surface area contributed by atoms with Crippen LogP contribution in [0.3, 0.4) is 0 Å². The van der Waals surface area contributed by atoms with Gasteiger partial charge in [0.15, 0.2) is 11.6 Å². The Bertz CT molecular complexity index is 469. The molecule has 0 saturated heterocycles. The molecule has 4 nitrogen and oxygen atoms in total. The van der Waals surface area contributed by atoms with E-state index in [2.05, 4.69) is 0 Å². The number of benzene rings is 1. The number of methoxy groups -OCH3 is 1. The minimum absolute atomic E-state index is 0.189. The molecule has 0 heterocycles. The molecule has 0 bridgehead atoms. The number of hydrogen-bond acceptors (Lipinski definition) is 3. The van der Waals surface area contributed by atoms with Crippen molar-refractivity contribution in [3.05, 3.63) is 29.6 Å². The van der Waals surface area contributed by atoms with E-state index < -0.39 is 17.5 Å². The topological polar surface area (TPSA) is 38.8 Å². The van der Waals surface area contributed by atoms with E-state index in [1.54, 1.807) is 12.1 Å². The summed E-state index contributed by atoms with van der Waals surface area (Å²) >= 11 is 0. The van der Waals surface area contributed by atoms with Crippen molar-refractivity contribution in [1.29, 1.82) is 0 Å². The highest BCUT2D eigenvalue weighted by Gasteiger charge is 2.21. The fraction of sp³-hybridized carbons (Fsp3) is 0.533. The lowest BCUT2D eigenvalue weighted by Crippen LogP contribution is -2.36. The van der Waals surface area contributed by atoms with E-state index >= 15 is 0 Å². The zero-order valence-electron chi connectivity index (χ0n) is 12.7. The van der Waals surface area contributed by atoms with E-state index in [9.17, 15) is 9.18 Å². The molecule has 1 rings (SSSR count). The number of halogens is 1. The van der Waals surface area contributed by atoms with Gasteiger partial charge >= 0.3 is 6.09 Å². The number of ether oxygens (including phenoxy) is 2. The molecule has 0 spiro atoms. The largest absolute Gasteiger partial charge is 0.494 e. The molecule has 0 aliphatic rings. The Morgan fingerprint density at radius 1 is 1.35 bits per heavy atom. The molecule has 0 saturated carbocycles. The van der Waals surface area contributed by atoms with Gasteiger partial charge in [0.2, 0.25) is 0 Å². The Kier molecular flexibility index (Phi) is 5.36. The van der Waals surface area contributed by atoms with Crippen LogP contribution in [-0.2, 0) is 11.3 Å². The Labute approximate surface area is 119 Å². The number of rotatable bonds is 4. The van der Waals surface area contributed by atoms with Gasteiger partial charge in [-0.2, -0.15) is 0 Å². The summed E-state index contributed by atoms with van der Waals surface area (Å²) in [5, 5.41) is 0. The SMILES string of the molecule is CCN(Cc1ccc(OC)c(F)c1)C(=O)OC(C)(C)C. The van der Waals surface area contributed by atoms with Gasteiger partial charge in [-0.05, 0) is 45.4 Å². The van der Waals surface area contributed by atoms with Crippen LogP contribution in [0, 0.1) is 5.82 Å². The molecule has 112 valence electrons. The number of nitrogens with zero attached hydrogens (tertiary/aromatic N) is 1. The highest BCUT2D eigenvalue weighted by molar-refractivity contribution is 5.68. The number of hydrogen-bond donors (Lipinski definition) is 0. The van der Waals surface area contributed by atoms with E-state index in [-0.39, 0.29) is 5.75 Å². The average Bonchev–Trinajstić information content (AvgIpc) is 2.33. The number of carbonyl (C=O) groups is 1. The highest BCUT2D eigenvalue weighted by Crippen LogP contribution is 2.19. The van der Waals surface area contributed by atoms with Crippen LogP contribution in [0.2, 0.25) is 0 Å². The quantitative estimate of drug-likeness (QED) is 0.847. The summed E-state index contributed by atoms with van der Waals surface area (Å²) < 4.78 is 23.8. The highest BCUT2D eigenvalue weighted by atomic mass is 19.1. The maximum atomic E-state index is 13.6. The minimum atomic E-state index is -0.546. The molecule has 1 aromatic carbocycles. The first kappa shape index (κ1) is 16.3. The third-order valence-corrected chi connectivity index (χ3v) is 2.62. The van der Waals surface area contributed by atoms with Crippen molar-refractivity contribution in [3.8, 4) is 5.75 Å². The summed E-state index contributed by atoms with van der Waals surface area (Å²) in [6, 6.07) is 4.65. The first-order chi connectivity index (χ1) is 9.26. The standard InChI is InChI=1S/C15H22FNO3/c1-6-17(14(18)20-15(2,3)4)10-11-7-8-13(19-5)12(16)9-11/h7-9H,6,10H2,1-5H3. The van der Waals surface area contributed by atoms with Crippen molar-refractivity contribution in [2.45, 2.75) is 39.8 Å². The summed E-state index contributed by atoms with van der Waals surface area (Å²) in [5.74, 6) is -0.251. The summed E-state index contributed by atoms with van der Waals surface area (Å²) in [5.41, 5.74) is 0.145. The lowest BCUT2D eigenvalue weighted by Gasteiger charge is -2.26. The van der Waals surface area contributed by atoms with Crippen LogP contribution in [0.1, 0.15) is 33.3 Å². The Hall–Kier alpha value is -1.78. The molecule has 5 heteroatoms. The molecule has 0 N–H and O–H groups in total. The second kappa shape index (κ2) is 6.59. The number of carbonyl (C=O) groups excluding carboxylic acids is 1. The summed E-state index contributed by atoms with van der Waals surface area (Å²) in [6.45, 7) is 8.07. The molecule has 0 aliphatic carbocycles. The molecular formula is C15H22FNO3. The van der Waals surface area contributed by atoms with Gasteiger partial charge in [-0.3, -0.25) is 0 Å². The second-order valence-electron chi connectivity index (χ2n) is 5.46. The second-order valence-corrected chi connectivity index (χ2v) is 5.46. The molecule has 20 heavy (non-hydrogen) atoms. The van der Waals surface area contributed by atoms with Gasteiger partial charge in [0.25, 0.3) is 0 Å². The third-order valence-electron chi connectivity index (χ3n) is 2.62. The monoisotopic (exact) mass is 283 g/mol. The van der Waals surface area contributed by atoms with Gasteiger partial charge in [0, 0.05) is 13.1 Å². The average molecular weight is 283 g/mol. The molecule has 0 atom stereocenters. The van der Waals surface area contributed by atoms with Crippen molar-refractivity contribution < 1.29 is 18.7 Å². The van der Waals surface area contributed by atoms with Crippen LogP contribution < -0.4 is 4.74 Å². The predicted octanol–water partition coefficient (Wildman–Crippen LogP) is 3.59. The predicted molar refractivity (Wildman–Crippen MR) is 75.3 cm³/mol. The molecule has 0 fully saturated rings. The van der Waals surface area contributed by atoms with Crippen LogP contribution in [0.4, 0.5) is 9.18 Å². The van der Waals surface area contributed by atoms with Crippen molar-refractivity contribution in [2.75, 3.05) is 13.7 Å². The molecule has 1 aromatic rings. The summed E-state index contributed by atoms with van der Waals surface area (Å²) in [6.07, 6.45) is -0.406. The van der Waals surface area contributed by atoms with Crippen LogP contribution in [-0.4, -0.2) is 30.2 Å². The van der Waals surface area contributed by atoms with Crippen molar-refractivity contribution in [3.63, 3.8) is 0 Å². The Morgan fingerprint density at radius 3 is 2.45 bits per heavy atom. The van der Waals surface area contributed by atoms with Crippen LogP contribution in [0.5, 0.6) is 5.75 Å². The third kappa shape index (κ3) is 4.72. The zero-order valence-corrected chi connectivity index (χ0v) is 12.7. The fourth-order valence-corrected chi connectivity index (χ4v) is 1.66. The van der Waals surface area contributed by atoms with E-state index in [4.69, 9.17) is 9.47 Å². The van der Waals surface area contributed by atoms with E-state index in [0.717, 1.165) is 0 Å². The van der Waals surface area contributed by atoms with Gasteiger partial charge in [-0.1, -0.05) is 6.07 Å². The lowest BCUT2D eigenvalue weighted by molar-refractivity contribution is 0.0244. The molecular weight excluding hydrogens is 261 g/mol. The minimum Gasteiger partial charge on any atom is -0.494 e. The van der Waals surface area contributed by atoms with E-state index in [1.807, 2.05) is 27.7 Å². The maximum Gasteiger partial charge on any atom is 0.410 e. The number of amides is 1. The van der Waals surface area contributed by atoms with Gasteiger partial charge in [0.1, 0.15) is 5.60 Å². The first-order valence-electron chi connectivity index (χ1n) is 6.57. The smallest absolute Gasteiger partial charge is 0.410 e. The van der Waals surface area contributed by atoms with Gasteiger partial charge < -0.3 is 14.4 Å². The molecule has 0 aliphatic heterocycles.